The third-order valence-corrected chi connectivity index (χ3v) is 5.12. The topological polar surface area (TPSA) is 32.3 Å². The number of piperidine rings is 1. The summed E-state index contributed by atoms with van der Waals surface area (Å²) >= 11 is 7.49. The molecule has 3 nitrogen and oxygen atoms in total. The van der Waals surface area contributed by atoms with Crippen LogP contribution in [0.2, 0.25) is 4.34 Å². The third-order valence-electron chi connectivity index (χ3n) is 3.90. The maximum Gasteiger partial charge on any atom is 0.223 e. The van der Waals surface area contributed by atoms with Crippen molar-refractivity contribution in [2.75, 3.05) is 19.6 Å². The van der Waals surface area contributed by atoms with Crippen LogP contribution in [0.1, 0.15) is 30.6 Å². The van der Waals surface area contributed by atoms with E-state index in [0.717, 1.165) is 28.7 Å². The van der Waals surface area contributed by atoms with Gasteiger partial charge in [0.1, 0.15) is 0 Å². The van der Waals surface area contributed by atoms with Crippen LogP contribution in [0.5, 0.6) is 0 Å². The summed E-state index contributed by atoms with van der Waals surface area (Å²) in [5.74, 6) is 0.912. The summed E-state index contributed by atoms with van der Waals surface area (Å²) in [6.45, 7) is 7.16. The number of rotatable bonds is 7. The van der Waals surface area contributed by atoms with Crippen LogP contribution in [0.3, 0.4) is 0 Å². The molecule has 1 fully saturated rings. The Morgan fingerprint density at radius 2 is 2.24 bits per heavy atom. The van der Waals surface area contributed by atoms with E-state index in [0.29, 0.717) is 25.4 Å². The minimum absolute atomic E-state index is 0.220. The molecule has 1 aromatic heterocycles. The molecule has 0 spiro atoms. The van der Waals surface area contributed by atoms with Crippen molar-refractivity contribution < 1.29 is 4.79 Å². The van der Waals surface area contributed by atoms with E-state index in [1.807, 2.05) is 17.0 Å². The summed E-state index contributed by atoms with van der Waals surface area (Å²) in [4.78, 5) is 15.4. The van der Waals surface area contributed by atoms with E-state index in [2.05, 4.69) is 11.9 Å². The Kier molecular flexibility index (Phi) is 6.74. The third kappa shape index (κ3) is 5.46. The van der Waals surface area contributed by atoms with Gasteiger partial charge in [-0.2, -0.15) is 0 Å². The molecule has 1 amide bonds. The summed E-state index contributed by atoms with van der Waals surface area (Å²) in [5.41, 5.74) is 0. The lowest BCUT2D eigenvalue weighted by molar-refractivity contribution is -0.131. The lowest BCUT2D eigenvalue weighted by Gasteiger charge is -2.24. The zero-order valence-corrected chi connectivity index (χ0v) is 13.9. The Morgan fingerprint density at radius 1 is 1.48 bits per heavy atom. The van der Waals surface area contributed by atoms with Gasteiger partial charge in [0.05, 0.1) is 10.9 Å². The average Bonchev–Trinajstić information content (AvgIpc) is 2.91. The van der Waals surface area contributed by atoms with Crippen LogP contribution in [-0.2, 0) is 11.3 Å². The lowest BCUT2D eigenvalue weighted by atomic mass is 9.93. The second-order valence-corrected chi connectivity index (χ2v) is 7.30. The van der Waals surface area contributed by atoms with Crippen LogP contribution < -0.4 is 5.32 Å². The Bertz CT molecular complexity index is 469. The van der Waals surface area contributed by atoms with Crippen LogP contribution in [0, 0.1) is 5.92 Å². The fourth-order valence-corrected chi connectivity index (χ4v) is 3.79. The number of halogens is 1. The molecule has 1 aromatic rings. The van der Waals surface area contributed by atoms with Gasteiger partial charge in [-0.25, -0.2) is 0 Å². The van der Waals surface area contributed by atoms with Crippen molar-refractivity contribution >= 4 is 28.8 Å². The van der Waals surface area contributed by atoms with Crippen molar-refractivity contribution in [2.45, 2.75) is 32.2 Å². The molecule has 116 valence electrons. The zero-order valence-electron chi connectivity index (χ0n) is 12.3. The second kappa shape index (κ2) is 8.57. The van der Waals surface area contributed by atoms with Crippen LogP contribution in [-0.4, -0.2) is 30.4 Å². The van der Waals surface area contributed by atoms with Gasteiger partial charge in [-0.15, -0.1) is 17.9 Å². The number of carbonyl (C=O) groups is 1. The van der Waals surface area contributed by atoms with E-state index in [1.165, 1.54) is 24.2 Å². The average molecular weight is 327 g/mol. The molecule has 0 aromatic carbocycles. The number of hydrogen-bond donors (Lipinski definition) is 1. The van der Waals surface area contributed by atoms with Gasteiger partial charge in [-0.05, 0) is 50.4 Å². The second-order valence-electron chi connectivity index (χ2n) is 5.50. The highest BCUT2D eigenvalue weighted by Gasteiger charge is 2.18. The van der Waals surface area contributed by atoms with E-state index in [9.17, 15) is 4.79 Å². The number of amides is 1. The zero-order chi connectivity index (χ0) is 15.1. The molecule has 0 radical (unpaired) electrons. The Labute approximate surface area is 136 Å². The molecule has 0 saturated carbocycles. The molecule has 1 aliphatic heterocycles. The van der Waals surface area contributed by atoms with Crippen LogP contribution in [0.15, 0.2) is 24.8 Å². The van der Waals surface area contributed by atoms with Gasteiger partial charge < -0.3 is 10.2 Å². The van der Waals surface area contributed by atoms with Gasteiger partial charge in [-0.3, -0.25) is 4.79 Å². The predicted octanol–water partition coefficient (Wildman–Crippen LogP) is 3.70. The van der Waals surface area contributed by atoms with Gasteiger partial charge in [0, 0.05) is 17.8 Å². The fourth-order valence-electron chi connectivity index (χ4n) is 2.69. The Hall–Kier alpha value is -0.840. The van der Waals surface area contributed by atoms with Crippen molar-refractivity contribution in [1.29, 1.82) is 0 Å². The molecule has 0 aliphatic carbocycles. The van der Waals surface area contributed by atoms with Gasteiger partial charge in [0.2, 0.25) is 5.91 Å². The summed E-state index contributed by atoms with van der Waals surface area (Å²) in [6, 6.07) is 3.87. The molecule has 5 heteroatoms. The molecule has 21 heavy (non-hydrogen) atoms. The molecule has 2 rings (SSSR count). The molecule has 0 unspecified atom stereocenters. The first kappa shape index (κ1) is 16.5. The number of thiophene rings is 1. The quantitative estimate of drug-likeness (QED) is 0.775. The molecule has 1 aliphatic rings. The molecule has 1 saturated heterocycles. The largest absolute Gasteiger partial charge is 0.334 e. The highest BCUT2D eigenvalue weighted by Crippen LogP contribution is 2.24. The summed E-state index contributed by atoms with van der Waals surface area (Å²) in [5, 5.41) is 3.36. The number of carbonyl (C=O) groups excluding carboxylic acids is 1. The maximum atomic E-state index is 12.4. The monoisotopic (exact) mass is 326 g/mol. The molecule has 1 N–H and O–H groups in total. The van der Waals surface area contributed by atoms with E-state index in [4.69, 9.17) is 11.6 Å². The minimum atomic E-state index is 0.220. The number of nitrogens with zero attached hydrogens (tertiary/aromatic N) is 1. The highest BCUT2D eigenvalue weighted by molar-refractivity contribution is 7.16. The Balaban J connectivity index is 1.84. The van der Waals surface area contributed by atoms with E-state index >= 15 is 0 Å². The normalized spacial score (nSPS) is 15.9. The van der Waals surface area contributed by atoms with Gasteiger partial charge in [-0.1, -0.05) is 17.7 Å². The number of nitrogens with one attached hydrogen (secondary N) is 1. The fraction of sp³-hybridized carbons (Fsp3) is 0.562. The highest BCUT2D eigenvalue weighted by atomic mass is 35.5. The standard InChI is InChI=1S/C16H23ClN2OS/c1-2-11-19(12-14-4-5-15(17)21-14)16(20)6-3-13-7-9-18-10-8-13/h2,4-5,13,18H,1,3,6-12H2. The molecule has 0 atom stereocenters. The van der Waals surface area contributed by atoms with Gasteiger partial charge >= 0.3 is 0 Å². The summed E-state index contributed by atoms with van der Waals surface area (Å²) < 4.78 is 0.769. The van der Waals surface area contributed by atoms with E-state index in [-0.39, 0.29) is 5.91 Å². The van der Waals surface area contributed by atoms with Crippen LogP contribution in [0.25, 0.3) is 0 Å². The van der Waals surface area contributed by atoms with Crippen molar-refractivity contribution in [2.24, 2.45) is 5.92 Å². The van der Waals surface area contributed by atoms with Gasteiger partial charge in [0.15, 0.2) is 0 Å². The minimum Gasteiger partial charge on any atom is -0.334 e. The predicted molar refractivity (Wildman–Crippen MR) is 89.8 cm³/mol. The van der Waals surface area contributed by atoms with Crippen molar-refractivity contribution in [3.05, 3.63) is 34.0 Å². The summed E-state index contributed by atoms with van der Waals surface area (Å²) in [7, 11) is 0. The van der Waals surface area contributed by atoms with Gasteiger partial charge in [0.25, 0.3) is 0 Å². The first-order chi connectivity index (χ1) is 10.2. The first-order valence-corrected chi connectivity index (χ1v) is 8.72. The molecule has 0 bridgehead atoms. The van der Waals surface area contributed by atoms with Crippen molar-refractivity contribution in [3.8, 4) is 0 Å². The van der Waals surface area contributed by atoms with E-state index < -0.39 is 0 Å². The van der Waals surface area contributed by atoms with E-state index in [1.54, 1.807) is 6.08 Å². The van der Waals surface area contributed by atoms with Crippen molar-refractivity contribution in [1.82, 2.24) is 10.2 Å². The van der Waals surface area contributed by atoms with Crippen LogP contribution >= 0.6 is 22.9 Å². The maximum absolute atomic E-state index is 12.4. The van der Waals surface area contributed by atoms with Crippen LogP contribution in [0.4, 0.5) is 0 Å². The first-order valence-electron chi connectivity index (χ1n) is 7.52. The smallest absolute Gasteiger partial charge is 0.223 e. The molecule has 2 heterocycles. The summed E-state index contributed by atoms with van der Waals surface area (Å²) in [6.07, 6.45) is 5.80. The Morgan fingerprint density at radius 3 is 2.86 bits per heavy atom. The lowest BCUT2D eigenvalue weighted by Crippen LogP contribution is -2.32. The SMILES string of the molecule is C=CCN(Cc1ccc(Cl)s1)C(=O)CCC1CCNCC1. The molecular formula is C16H23ClN2OS. The molecular weight excluding hydrogens is 304 g/mol. The number of hydrogen-bond acceptors (Lipinski definition) is 3. The van der Waals surface area contributed by atoms with Crippen molar-refractivity contribution in [3.63, 3.8) is 0 Å².